The molecule has 0 atom stereocenters. The molecular formula is C31H28BrN3O3S. The number of ether oxygens (including phenoxy) is 1. The number of carbonyl (C=O) groups excluding carboxylic acids is 2. The third-order valence-electron chi connectivity index (χ3n) is 5.88. The Morgan fingerprint density at radius 1 is 0.872 bits per heavy atom. The first kappa shape index (κ1) is 28.0. The Hall–Kier alpha value is -4.01. The largest absolute Gasteiger partial charge is 0.492 e. The van der Waals surface area contributed by atoms with Crippen LogP contribution in [0.15, 0.2) is 108 Å². The summed E-state index contributed by atoms with van der Waals surface area (Å²) in [5.74, 6) is -0.0642. The highest BCUT2D eigenvalue weighted by Crippen LogP contribution is 2.24. The van der Waals surface area contributed by atoms with Crippen molar-refractivity contribution >= 4 is 50.8 Å². The molecule has 0 heterocycles. The number of benzene rings is 4. The summed E-state index contributed by atoms with van der Waals surface area (Å²) in [7, 11) is 1.76. The highest BCUT2D eigenvalue weighted by Gasteiger charge is 2.16. The molecule has 4 rings (SSSR count). The molecule has 0 unspecified atom stereocenters. The van der Waals surface area contributed by atoms with Crippen LogP contribution in [-0.2, 0) is 13.0 Å². The molecule has 2 N–H and O–H groups in total. The van der Waals surface area contributed by atoms with Crippen LogP contribution < -0.4 is 15.4 Å². The number of amides is 2. The van der Waals surface area contributed by atoms with Gasteiger partial charge in [0.15, 0.2) is 5.11 Å². The van der Waals surface area contributed by atoms with Gasteiger partial charge in [-0.25, -0.2) is 0 Å². The zero-order valence-electron chi connectivity index (χ0n) is 21.4. The van der Waals surface area contributed by atoms with Crippen LogP contribution in [0.5, 0.6) is 5.75 Å². The van der Waals surface area contributed by atoms with E-state index >= 15 is 0 Å². The van der Waals surface area contributed by atoms with E-state index in [1.165, 1.54) is 0 Å². The van der Waals surface area contributed by atoms with E-state index in [9.17, 15) is 9.59 Å². The number of nitrogens with one attached hydrogen (secondary N) is 2. The number of thiocarbonyl (C=S) groups is 1. The predicted molar refractivity (Wildman–Crippen MR) is 162 cm³/mol. The van der Waals surface area contributed by atoms with Gasteiger partial charge in [0.2, 0.25) is 0 Å². The van der Waals surface area contributed by atoms with Crippen molar-refractivity contribution in [3.05, 3.63) is 130 Å². The lowest BCUT2D eigenvalue weighted by molar-refractivity contribution is 0.0785. The molecule has 0 radical (unpaired) electrons. The van der Waals surface area contributed by atoms with Gasteiger partial charge in [-0.15, -0.1) is 0 Å². The predicted octanol–water partition coefficient (Wildman–Crippen LogP) is 6.47. The molecule has 0 saturated carbocycles. The van der Waals surface area contributed by atoms with Gasteiger partial charge in [-0.05, 0) is 59.7 Å². The molecule has 198 valence electrons. The lowest BCUT2D eigenvalue weighted by Crippen LogP contribution is -2.34. The fourth-order valence-electron chi connectivity index (χ4n) is 3.94. The highest BCUT2D eigenvalue weighted by molar-refractivity contribution is 9.10. The molecule has 4 aromatic rings. The molecule has 0 aliphatic heterocycles. The van der Waals surface area contributed by atoms with Gasteiger partial charge in [0.05, 0.1) is 12.2 Å². The monoisotopic (exact) mass is 601 g/mol. The summed E-state index contributed by atoms with van der Waals surface area (Å²) in [6.45, 7) is 0.919. The van der Waals surface area contributed by atoms with Gasteiger partial charge in [0.25, 0.3) is 11.8 Å². The Bertz CT molecular complexity index is 1450. The summed E-state index contributed by atoms with van der Waals surface area (Å²) < 4.78 is 6.68. The number of anilines is 1. The summed E-state index contributed by atoms with van der Waals surface area (Å²) in [6, 6.07) is 32.1. The van der Waals surface area contributed by atoms with Crippen molar-refractivity contribution in [3.63, 3.8) is 0 Å². The summed E-state index contributed by atoms with van der Waals surface area (Å²) in [5, 5.41) is 5.82. The molecule has 0 spiro atoms. The molecule has 2 amide bonds. The highest BCUT2D eigenvalue weighted by atomic mass is 79.9. The fraction of sp³-hybridized carbons (Fsp3) is 0.129. The first-order chi connectivity index (χ1) is 18.9. The van der Waals surface area contributed by atoms with Gasteiger partial charge in [0, 0.05) is 35.7 Å². The first-order valence-electron chi connectivity index (χ1n) is 12.4. The van der Waals surface area contributed by atoms with E-state index in [4.69, 9.17) is 17.0 Å². The number of rotatable bonds is 9. The quantitative estimate of drug-likeness (QED) is 0.215. The lowest BCUT2D eigenvalue weighted by atomic mass is 10.1. The Morgan fingerprint density at radius 3 is 2.28 bits per heavy atom. The zero-order valence-corrected chi connectivity index (χ0v) is 23.8. The normalized spacial score (nSPS) is 10.4. The summed E-state index contributed by atoms with van der Waals surface area (Å²) >= 11 is 8.82. The molecule has 6 nitrogen and oxygen atoms in total. The molecule has 0 aromatic heterocycles. The van der Waals surface area contributed by atoms with Crippen LogP contribution >= 0.6 is 28.1 Å². The average Bonchev–Trinajstić information content (AvgIpc) is 2.94. The van der Waals surface area contributed by atoms with Crippen LogP contribution in [0, 0.1) is 0 Å². The fourth-order valence-corrected chi connectivity index (χ4v) is 4.51. The van der Waals surface area contributed by atoms with Gasteiger partial charge in [-0.2, -0.15) is 0 Å². The van der Waals surface area contributed by atoms with Crippen LogP contribution in [0.25, 0.3) is 0 Å². The van der Waals surface area contributed by atoms with Gasteiger partial charge < -0.3 is 15.0 Å². The van der Waals surface area contributed by atoms with Crippen molar-refractivity contribution in [3.8, 4) is 5.75 Å². The number of nitrogens with zero attached hydrogens (tertiary/aromatic N) is 1. The second-order valence-corrected chi connectivity index (χ2v) is 10.2. The molecule has 0 fully saturated rings. The summed E-state index contributed by atoms with van der Waals surface area (Å²) in [5.41, 5.74) is 3.65. The first-order valence-corrected chi connectivity index (χ1v) is 13.6. The zero-order chi connectivity index (χ0) is 27.6. The van der Waals surface area contributed by atoms with Crippen molar-refractivity contribution in [1.29, 1.82) is 0 Å². The molecule has 0 aliphatic carbocycles. The maximum absolute atomic E-state index is 13.1. The standard InChI is InChI=1S/C31H28BrN3O3S/c1-35(21-23-11-6-3-7-12-23)30(37)24-13-8-14-26(19-24)33-31(39)34-29(36)27-20-25(32)15-16-28(27)38-18-17-22-9-4-2-5-10-22/h2-16,19-20H,17-18,21H2,1H3,(H2,33,34,36,39). The minimum atomic E-state index is -0.404. The van der Waals surface area contributed by atoms with Crippen molar-refractivity contribution in [2.75, 3.05) is 19.0 Å². The van der Waals surface area contributed by atoms with Crippen molar-refractivity contribution in [1.82, 2.24) is 10.2 Å². The minimum absolute atomic E-state index is 0.109. The molecule has 39 heavy (non-hydrogen) atoms. The van der Waals surface area contributed by atoms with E-state index in [0.29, 0.717) is 42.1 Å². The number of halogens is 1. The van der Waals surface area contributed by atoms with Gasteiger partial charge in [-0.3, -0.25) is 14.9 Å². The number of hydrogen-bond acceptors (Lipinski definition) is 4. The molecular weight excluding hydrogens is 574 g/mol. The maximum atomic E-state index is 13.1. The summed E-state index contributed by atoms with van der Waals surface area (Å²) in [6.07, 6.45) is 0.716. The number of hydrogen-bond donors (Lipinski definition) is 2. The van der Waals surface area contributed by atoms with Crippen LogP contribution in [0.2, 0.25) is 0 Å². The van der Waals surface area contributed by atoms with Crippen LogP contribution in [-0.4, -0.2) is 35.5 Å². The Kier molecular flexibility index (Phi) is 9.83. The third-order valence-corrected chi connectivity index (χ3v) is 6.58. The van der Waals surface area contributed by atoms with E-state index in [0.717, 1.165) is 15.6 Å². The topological polar surface area (TPSA) is 70.7 Å². The van der Waals surface area contributed by atoms with Crippen molar-refractivity contribution < 1.29 is 14.3 Å². The second kappa shape index (κ2) is 13.7. The SMILES string of the molecule is CN(Cc1ccccc1)C(=O)c1cccc(NC(=S)NC(=O)c2cc(Br)ccc2OCCc2ccccc2)c1. The minimum Gasteiger partial charge on any atom is -0.492 e. The molecule has 0 bridgehead atoms. The summed E-state index contributed by atoms with van der Waals surface area (Å²) in [4.78, 5) is 27.7. The van der Waals surface area contributed by atoms with E-state index in [2.05, 4.69) is 26.6 Å². The third kappa shape index (κ3) is 8.24. The Labute approximate surface area is 242 Å². The average molecular weight is 603 g/mol. The van der Waals surface area contributed by atoms with Crippen LogP contribution in [0.1, 0.15) is 31.8 Å². The van der Waals surface area contributed by atoms with E-state index < -0.39 is 5.91 Å². The molecule has 0 saturated heterocycles. The van der Waals surface area contributed by atoms with Gasteiger partial charge in [0.1, 0.15) is 5.75 Å². The number of carbonyl (C=O) groups is 2. The molecule has 0 aliphatic rings. The molecule has 4 aromatic carbocycles. The van der Waals surface area contributed by atoms with Crippen LogP contribution in [0.4, 0.5) is 5.69 Å². The van der Waals surface area contributed by atoms with Crippen molar-refractivity contribution in [2.45, 2.75) is 13.0 Å². The van der Waals surface area contributed by atoms with Gasteiger partial charge >= 0.3 is 0 Å². The Balaban J connectivity index is 1.36. The van der Waals surface area contributed by atoms with E-state index in [-0.39, 0.29) is 11.0 Å². The van der Waals surface area contributed by atoms with E-state index in [1.807, 2.05) is 66.7 Å². The maximum Gasteiger partial charge on any atom is 0.261 e. The van der Waals surface area contributed by atoms with Gasteiger partial charge in [-0.1, -0.05) is 82.7 Å². The van der Waals surface area contributed by atoms with Crippen LogP contribution in [0.3, 0.4) is 0 Å². The smallest absolute Gasteiger partial charge is 0.261 e. The lowest BCUT2D eigenvalue weighted by Gasteiger charge is -2.18. The molecule has 8 heteroatoms. The second-order valence-electron chi connectivity index (χ2n) is 8.86. The van der Waals surface area contributed by atoms with E-state index in [1.54, 1.807) is 48.3 Å². The van der Waals surface area contributed by atoms with Crippen molar-refractivity contribution in [2.24, 2.45) is 0 Å². The Morgan fingerprint density at radius 2 is 1.56 bits per heavy atom.